The van der Waals surface area contributed by atoms with Gasteiger partial charge >= 0.3 is 0 Å². The first-order chi connectivity index (χ1) is 9.79. The molecule has 6 nitrogen and oxygen atoms in total. The molecular formula is C15H23N3O3. The lowest BCUT2D eigenvalue weighted by Gasteiger charge is -2.20. The van der Waals surface area contributed by atoms with Gasteiger partial charge in [-0.1, -0.05) is 6.07 Å². The van der Waals surface area contributed by atoms with Crippen LogP contribution in [0.25, 0.3) is 0 Å². The highest BCUT2D eigenvalue weighted by molar-refractivity contribution is 5.87. The van der Waals surface area contributed by atoms with Crippen LogP contribution in [0.4, 0.5) is 0 Å². The van der Waals surface area contributed by atoms with Crippen molar-refractivity contribution in [3.05, 3.63) is 29.3 Å². The molecular weight excluding hydrogens is 270 g/mol. The third-order valence-corrected chi connectivity index (χ3v) is 3.01. The van der Waals surface area contributed by atoms with Crippen LogP contribution in [-0.4, -0.2) is 43.0 Å². The summed E-state index contributed by atoms with van der Waals surface area (Å²) in [5.74, 6) is -0.136. The Hall–Kier alpha value is -2.08. The first-order valence-corrected chi connectivity index (χ1v) is 6.79. The van der Waals surface area contributed by atoms with Gasteiger partial charge in [-0.2, -0.15) is 0 Å². The van der Waals surface area contributed by atoms with E-state index in [9.17, 15) is 9.59 Å². The highest BCUT2D eigenvalue weighted by Crippen LogP contribution is 2.16. The van der Waals surface area contributed by atoms with Gasteiger partial charge in [-0.3, -0.25) is 9.59 Å². The Kier molecular flexibility index (Phi) is 6.17. The third kappa shape index (κ3) is 5.83. The summed E-state index contributed by atoms with van der Waals surface area (Å²) in [6, 6.07) is 5.04. The lowest BCUT2D eigenvalue weighted by molar-refractivity contribution is -0.133. The Balaban J connectivity index is 2.44. The van der Waals surface area contributed by atoms with Gasteiger partial charge in [0.1, 0.15) is 12.4 Å². The highest BCUT2D eigenvalue weighted by Gasteiger charge is 2.19. The molecule has 0 radical (unpaired) electrons. The molecule has 0 saturated carbocycles. The fourth-order valence-corrected chi connectivity index (χ4v) is 2.01. The quantitative estimate of drug-likeness (QED) is 0.757. The molecule has 0 aliphatic carbocycles. The molecule has 0 spiro atoms. The van der Waals surface area contributed by atoms with Crippen LogP contribution in [0.15, 0.2) is 18.2 Å². The van der Waals surface area contributed by atoms with E-state index < -0.39 is 11.9 Å². The molecule has 0 fully saturated rings. The summed E-state index contributed by atoms with van der Waals surface area (Å²) < 4.78 is 5.62. The first-order valence-electron chi connectivity index (χ1n) is 6.79. The zero-order valence-electron chi connectivity index (χ0n) is 12.8. The number of ether oxygens (including phenoxy) is 1. The van der Waals surface area contributed by atoms with Gasteiger partial charge in [0, 0.05) is 7.05 Å². The van der Waals surface area contributed by atoms with E-state index in [4.69, 9.17) is 16.2 Å². The average Bonchev–Trinajstić information content (AvgIpc) is 2.35. The number of rotatable bonds is 7. The van der Waals surface area contributed by atoms with Gasteiger partial charge in [0.15, 0.2) is 0 Å². The number of likely N-dealkylation sites (N-methyl/N-ethyl adjacent to an activating group) is 1. The molecule has 0 heterocycles. The second-order valence-electron chi connectivity index (χ2n) is 5.21. The van der Waals surface area contributed by atoms with Crippen molar-refractivity contribution in [3.63, 3.8) is 0 Å². The molecule has 116 valence electrons. The minimum Gasteiger partial charge on any atom is -0.492 e. The third-order valence-electron chi connectivity index (χ3n) is 3.01. The van der Waals surface area contributed by atoms with E-state index in [1.807, 2.05) is 26.0 Å². The Morgan fingerprint density at radius 1 is 1.24 bits per heavy atom. The zero-order valence-corrected chi connectivity index (χ0v) is 12.8. The van der Waals surface area contributed by atoms with Gasteiger partial charge in [-0.25, -0.2) is 0 Å². The smallest absolute Gasteiger partial charge is 0.239 e. The van der Waals surface area contributed by atoms with E-state index in [2.05, 4.69) is 6.07 Å². The Morgan fingerprint density at radius 3 is 2.33 bits per heavy atom. The van der Waals surface area contributed by atoms with Crippen molar-refractivity contribution < 1.29 is 14.3 Å². The second-order valence-corrected chi connectivity index (χ2v) is 5.21. The molecule has 1 aromatic rings. The zero-order chi connectivity index (χ0) is 16.0. The Bertz CT molecular complexity index is 497. The minimum absolute atomic E-state index is 0.152. The van der Waals surface area contributed by atoms with E-state index >= 15 is 0 Å². The van der Waals surface area contributed by atoms with Crippen LogP contribution in [-0.2, 0) is 9.59 Å². The summed E-state index contributed by atoms with van der Waals surface area (Å²) in [6.45, 7) is 4.74. The number of nitrogens with two attached hydrogens (primary N) is 2. The lowest BCUT2D eigenvalue weighted by Crippen LogP contribution is -2.45. The molecule has 0 saturated heterocycles. The van der Waals surface area contributed by atoms with Crippen LogP contribution in [0.2, 0.25) is 0 Å². The highest BCUT2D eigenvalue weighted by atomic mass is 16.5. The number of nitrogens with zero attached hydrogens (tertiary/aromatic N) is 1. The molecule has 0 bridgehead atoms. The van der Waals surface area contributed by atoms with E-state index in [1.165, 1.54) is 4.90 Å². The van der Waals surface area contributed by atoms with Crippen LogP contribution in [0.5, 0.6) is 5.75 Å². The summed E-state index contributed by atoms with van der Waals surface area (Å²) >= 11 is 0. The topological polar surface area (TPSA) is 98.7 Å². The van der Waals surface area contributed by atoms with Crippen LogP contribution in [0, 0.1) is 13.8 Å². The van der Waals surface area contributed by atoms with Crippen molar-refractivity contribution in [1.82, 2.24) is 4.90 Å². The molecule has 2 amide bonds. The molecule has 6 heteroatoms. The van der Waals surface area contributed by atoms with Crippen LogP contribution in [0.3, 0.4) is 0 Å². The van der Waals surface area contributed by atoms with Crippen molar-refractivity contribution in [3.8, 4) is 5.75 Å². The van der Waals surface area contributed by atoms with Crippen LogP contribution >= 0.6 is 0 Å². The number of hydrogen-bond acceptors (Lipinski definition) is 4. The summed E-state index contributed by atoms with van der Waals surface area (Å²) in [4.78, 5) is 24.1. The van der Waals surface area contributed by atoms with E-state index in [1.54, 1.807) is 7.05 Å². The van der Waals surface area contributed by atoms with Gasteiger partial charge in [0.25, 0.3) is 0 Å². The predicted octanol–water partition coefficient (Wildman–Crippen LogP) is 0.343. The maximum atomic E-state index is 11.9. The fraction of sp³-hybridized carbons (Fsp3) is 0.467. The lowest BCUT2D eigenvalue weighted by atomic mass is 10.1. The number of amides is 2. The van der Waals surface area contributed by atoms with Crippen molar-refractivity contribution in [2.75, 3.05) is 20.2 Å². The predicted molar refractivity (Wildman–Crippen MR) is 80.8 cm³/mol. The molecule has 1 aromatic carbocycles. The molecule has 0 aliphatic rings. The SMILES string of the molecule is Cc1cc(C)cc(OCCN(C)C(=O)C(N)CC(N)=O)c1. The van der Waals surface area contributed by atoms with Crippen molar-refractivity contribution in [1.29, 1.82) is 0 Å². The molecule has 1 unspecified atom stereocenters. The number of carbonyl (C=O) groups excluding carboxylic acids is 2. The number of hydrogen-bond donors (Lipinski definition) is 2. The van der Waals surface area contributed by atoms with Crippen molar-refractivity contribution >= 4 is 11.8 Å². The maximum absolute atomic E-state index is 11.9. The normalized spacial score (nSPS) is 11.8. The van der Waals surface area contributed by atoms with E-state index in [-0.39, 0.29) is 12.3 Å². The molecule has 21 heavy (non-hydrogen) atoms. The molecule has 1 atom stereocenters. The second kappa shape index (κ2) is 7.64. The standard InChI is InChI=1S/C15H23N3O3/c1-10-6-11(2)8-12(7-10)21-5-4-18(3)15(20)13(16)9-14(17)19/h6-8,13H,4-5,9,16H2,1-3H3,(H2,17,19). The van der Waals surface area contributed by atoms with Crippen molar-refractivity contribution in [2.24, 2.45) is 11.5 Å². The molecule has 0 aliphatic heterocycles. The number of primary amides is 1. The number of aryl methyl sites for hydroxylation is 2. The van der Waals surface area contributed by atoms with Gasteiger partial charge in [0.05, 0.1) is 19.0 Å². The van der Waals surface area contributed by atoms with E-state index in [0.717, 1.165) is 16.9 Å². The Morgan fingerprint density at radius 2 is 1.81 bits per heavy atom. The molecule has 4 N–H and O–H groups in total. The summed E-state index contributed by atoms with van der Waals surface area (Å²) in [5.41, 5.74) is 12.9. The fourth-order valence-electron chi connectivity index (χ4n) is 2.01. The largest absolute Gasteiger partial charge is 0.492 e. The van der Waals surface area contributed by atoms with Crippen molar-refractivity contribution in [2.45, 2.75) is 26.3 Å². The van der Waals surface area contributed by atoms with E-state index in [0.29, 0.717) is 13.2 Å². The minimum atomic E-state index is -0.895. The van der Waals surface area contributed by atoms with Crippen LogP contribution in [0.1, 0.15) is 17.5 Å². The molecule has 0 aromatic heterocycles. The summed E-state index contributed by atoms with van der Waals surface area (Å²) in [5, 5.41) is 0. The molecule has 1 rings (SSSR count). The first kappa shape index (κ1) is 17.0. The number of benzene rings is 1. The van der Waals surface area contributed by atoms with Crippen LogP contribution < -0.4 is 16.2 Å². The van der Waals surface area contributed by atoms with Gasteiger partial charge < -0.3 is 21.1 Å². The number of carbonyl (C=O) groups is 2. The average molecular weight is 293 g/mol. The maximum Gasteiger partial charge on any atom is 0.239 e. The Labute approximate surface area is 125 Å². The monoisotopic (exact) mass is 293 g/mol. The summed E-state index contributed by atoms with van der Waals surface area (Å²) in [7, 11) is 1.62. The summed E-state index contributed by atoms with van der Waals surface area (Å²) in [6.07, 6.45) is -0.152. The van der Waals surface area contributed by atoms with Gasteiger partial charge in [0.2, 0.25) is 11.8 Å². The van der Waals surface area contributed by atoms with Gasteiger partial charge in [-0.15, -0.1) is 0 Å². The van der Waals surface area contributed by atoms with Gasteiger partial charge in [-0.05, 0) is 37.1 Å².